The molecule has 210 valence electrons. The van der Waals surface area contributed by atoms with E-state index in [2.05, 4.69) is 167 Å². The molecule has 0 radical (unpaired) electrons. The van der Waals surface area contributed by atoms with Gasteiger partial charge in [-0.3, -0.25) is 0 Å². The highest BCUT2D eigenvalue weighted by Gasteiger charge is 2.22. The predicted molar refractivity (Wildman–Crippen MR) is 189 cm³/mol. The summed E-state index contributed by atoms with van der Waals surface area (Å²) in [4.78, 5) is 0. The van der Waals surface area contributed by atoms with E-state index >= 15 is 0 Å². The lowest BCUT2D eigenvalue weighted by atomic mass is 10.0. The average Bonchev–Trinajstić information content (AvgIpc) is 3.76. The molecule has 10 rings (SSSR count). The van der Waals surface area contributed by atoms with Crippen molar-refractivity contribution in [3.63, 3.8) is 0 Å². The number of nitrogens with zero attached hydrogens (tertiary/aromatic N) is 2. The van der Waals surface area contributed by atoms with Crippen LogP contribution < -0.4 is 0 Å². The third-order valence-electron chi connectivity index (χ3n) is 9.74. The Bertz CT molecular complexity index is 2600. The summed E-state index contributed by atoms with van der Waals surface area (Å²) in [6.45, 7) is 0. The van der Waals surface area contributed by atoms with E-state index in [0.717, 1.165) is 6.42 Å². The molecule has 0 aliphatic heterocycles. The minimum atomic E-state index is 1.01. The Balaban J connectivity index is 1.24. The monoisotopic (exact) mass is 572 g/mol. The molecule has 0 N–H and O–H groups in total. The summed E-state index contributed by atoms with van der Waals surface area (Å²) >= 11 is 0. The second kappa shape index (κ2) is 9.32. The third kappa shape index (κ3) is 3.51. The molecule has 0 unspecified atom stereocenters. The molecule has 1 aliphatic carbocycles. The van der Waals surface area contributed by atoms with Gasteiger partial charge in [-0.2, -0.15) is 0 Å². The maximum atomic E-state index is 2.46. The number of fused-ring (bicyclic) bond motifs is 10. The van der Waals surface area contributed by atoms with E-state index in [1.54, 1.807) is 0 Å². The first-order chi connectivity index (χ1) is 22.3. The third-order valence-corrected chi connectivity index (χ3v) is 9.74. The number of aromatic nitrogens is 2. The zero-order valence-electron chi connectivity index (χ0n) is 24.6. The highest BCUT2D eigenvalue weighted by molar-refractivity contribution is 6.28. The lowest BCUT2D eigenvalue weighted by Gasteiger charge is -2.11. The maximum absolute atomic E-state index is 2.46. The normalized spacial score (nSPS) is 12.4. The zero-order chi connectivity index (χ0) is 29.5. The van der Waals surface area contributed by atoms with Crippen molar-refractivity contribution in [2.24, 2.45) is 0 Å². The highest BCUT2D eigenvalue weighted by Crippen LogP contribution is 2.44. The molecule has 2 heterocycles. The number of rotatable bonds is 3. The lowest BCUT2D eigenvalue weighted by Crippen LogP contribution is -1.95. The van der Waals surface area contributed by atoms with Crippen LogP contribution in [0.25, 0.3) is 77.2 Å². The van der Waals surface area contributed by atoms with Crippen molar-refractivity contribution in [2.45, 2.75) is 6.42 Å². The Labute approximate surface area is 261 Å². The predicted octanol–water partition coefficient (Wildman–Crippen LogP) is 11.1. The molecule has 0 fully saturated rings. The van der Waals surface area contributed by atoms with Crippen LogP contribution in [0.2, 0.25) is 0 Å². The number of para-hydroxylation sites is 2. The Morgan fingerprint density at radius 2 is 0.889 bits per heavy atom. The molecule has 2 aromatic heterocycles. The minimum absolute atomic E-state index is 1.01. The van der Waals surface area contributed by atoms with Crippen LogP contribution in [0.5, 0.6) is 0 Å². The van der Waals surface area contributed by atoms with Gasteiger partial charge in [0, 0.05) is 32.9 Å². The van der Waals surface area contributed by atoms with E-state index in [4.69, 9.17) is 0 Å². The molecule has 7 aromatic carbocycles. The second-order valence-electron chi connectivity index (χ2n) is 12.1. The molecule has 2 nitrogen and oxygen atoms in total. The van der Waals surface area contributed by atoms with Gasteiger partial charge in [0.2, 0.25) is 0 Å². The highest BCUT2D eigenvalue weighted by atomic mass is 15.0. The lowest BCUT2D eigenvalue weighted by molar-refractivity contribution is 1.17. The van der Waals surface area contributed by atoms with E-state index in [1.165, 1.54) is 88.4 Å². The van der Waals surface area contributed by atoms with Crippen LogP contribution in [0.15, 0.2) is 158 Å². The van der Waals surface area contributed by atoms with Gasteiger partial charge in [-0.1, -0.05) is 109 Å². The van der Waals surface area contributed by atoms with Gasteiger partial charge in [0.1, 0.15) is 0 Å². The number of hydrogen-bond donors (Lipinski definition) is 0. The summed E-state index contributed by atoms with van der Waals surface area (Å²) in [6.07, 6.45) is 1.01. The Kier molecular flexibility index (Phi) is 5.09. The summed E-state index contributed by atoms with van der Waals surface area (Å²) in [6, 6.07) is 57.8. The topological polar surface area (TPSA) is 9.86 Å². The molecule has 0 saturated heterocycles. The fourth-order valence-corrected chi connectivity index (χ4v) is 7.76. The van der Waals surface area contributed by atoms with Crippen molar-refractivity contribution in [2.75, 3.05) is 0 Å². The van der Waals surface area contributed by atoms with E-state index in [1.807, 2.05) is 0 Å². The molecule has 45 heavy (non-hydrogen) atoms. The summed E-state index contributed by atoms with van der Waals surface area (Å²) in [5, 5.41) is 5.16. The summed E-state index contributed by atoms with van der Waals surface area (Å²) < 4.78 is 4.89. The Morgan fingerprint density at radius 3 is 1.60 bits per heavy atom. The van der Waals surface area contributed by atoms with Crippen LogP contribution in [0.4, 0.5) is 0 Å². The minimum Gasteiger partial charge on any atom is -0.309 e. The SMILES string of the molecule is c1ccc(-c2ccc(-n3c4ccccc4c4c5c6ccccc6n(-c6ccc7c(c6)-c6ccccc6C7)c5ccc43)cc2)cc1. The van der Waals surface area contributed by atoms with Gasteiger partial charge in [-0.15, -0.1) is 0 Å². The van der Waals surface area contributed by atoms with E-state index < -0.39 is 0 Å². The van der Waals surface area contributed by atoms with Crippen molar-refractivity contribution in [3.05, 3.63) is 169 Å². The van der Waals surface area contributed by atoms with Gasteiger partial charge in [0.25, 0.3) is 0 Å². The van der Waals surface area contributed by atoms with Gasteiger partial charge in [-0.25, -0.2) is 0 Å². The van der Waals surface area contributed by atoms with Crippen molar-refractivity contribution < 1.29 is 0 Å². The molecule has 0 saturated carbocycles. The fraction of sp³-hybridized carbons (Fsp3) is 0.0233. The van der Waals surface area contributed by atoms with Gasteiger partial charge < -0.3 is 9.13 Å². The molecule has 0 atom stereocenters. The Hall–Kier alpha value is -5.86. The summed E-state index contributed by atoms with van der Waals surface area (Å²) in [7, 11) is 0. The Morgan fingerprint density at radius 1 is 0.356 bits per heavy atom. The first-order valence-corrected chi connectivity index (χ1v) is 15.7. The van der Waals surface area contributed by atoms with Gasteiger partial charge >= 0.3 is 0 Å². The molecule has 1 aliphatic rings. The van der Waals surface area contributed by atoms with Crippen molar-refractivity contribution in [1.29, 1.82) is 0 Å². The van der Waals surface area contributed by atoms with Crippen molar-refractivity contribution in [3.8, 4) is 33.6 Å². The van der Waals surface area contributed by atoms with E-state index in [0.29, 0.717) is 0 Å². The molecule has 2 heteroatoms. The number of benzene rings is 7. The summed E-state index contributed by atoms with van der Waals surface area (Å²) in [5.74, 6) is 0. The summed E-state index contributed by atoms with van der Waals surface area (Å²) in [5.41, 5.74) is 15.3. The number of hydrogen-bond acceptors (Lipinski definition) is 0. The van der Waals surface area contributed by atoms with Crippen LogP contribution >= 0.6 is 0 Å². The average molecular weight is 573 g/mol. The molecule has 9 aromatic rings. The van der Waals surface area contributed by atoms with Crippen molar-refractivity contribution >= 4 is 43.6 Å². The van der Waals surface area contributed by atoms with E-state index in [9.17, 15) is 0 Å². The van der Waals surface area contributed by atoms with Gasteiger partial charge in [0.15, 0.2) is 0 Å². The molecule has 0 amide bonds. The van der Waals surface area contributed by atoms with Crippen LogP contribution in [0.3, 0.4) is 0 Å². The van der Waals surface area contributed by atoms with Crippen LogP contribution in [-0.2, 0) is 6.42 Å². The molecule has 0 spiro atoms. The smallest absolute Gasteiger partial charge is 0.0548 e. The zero-order valence-corrected chi connectivity index (χ0v) is 24.6. The van der Waals surface area contributed by atoms with Crippen LogP contribution in [0.1, 0.15) is 11.1 Å². The van der Waals surface area contributed by atoms with E-state index in [-0.39, 0.29) is 0 Å². The second-order valence-corrected chi connectivity index (χ2v) is 12.1. The molecular weight excluding hydrogens is 544 g/mol. The van der Waals surface area contributed by atoms with Crippen LogP contribution in [0, 0.1) is 0 Å². The van der Waals surface area contributed by atoms with Gasteiger partial charge in [-0.05, 0) is 88.3 Å². The first kappa shape index (κ1) is 24.6. The first-order valence-electron chi connectivity index (χ1n) is 15.7. The molecular formula is C43H28N2. The van der Waals surface area contributed by atoms with Gasteiger partial charge in [0.05, 0.1) is 22.1 Å². The fourth-order valence-electron chi connectivity index (χ4n) is 7.76. The van der Waals surface area contributed by atoms with Crippen molar-refractivity contribution in [1.82, 2.24) is 9.13 Å². The maximum Gasteiger partial charge on any atom is 0.0548 e. The standard InChI is InChI=1S/C43H28N2/c1-2-10-28(11-3-1)29-18-21-32(22-19-29)44-38-16-8-6-14-35(38)42-40(44)24-25-41-43(42)36-15-7-9-17-39(36)45(41)33-23-20-31-26-30-12-4-5-13-34(30)37(31)27-33/h1-25,27H,26H2. The van der Waals surface area contributed by atoms with Crippen LogP contribution in [-0.4, -0.2) is 9.13 Å². The largest absolute Gasteiger partial charge is 0.309 e. The molecule has 0 bridgehead atoms. The quantitative estimate of drug-likeness (QED) is 0.199.